The van der Waals surface area contributed by atoms with E-state index in [0.29, 0.717) is 19.0 Å². The lowest BCUT2D eigenvalue weighted by molar-refractivity contribution is -0.128. The molecule has 1 rings (SSSR count). The maximum Gasteiger partial charge on any atom is 0.227 e. The zero-order chi connectivity index (χ0) is 16.0. The fraction of sp³-hybridized carbons (Fsp3) is 0.643. The average molecular weight is 295 g/mol. The predicted octanol–water partition coefficient (Wildman–Crippen LogP) is 0.729. The second-order valence-corrected chi connectivity index (χ2v) is 5.55. The summed E-state index contributed by atoms with van der Waals surface area (Å²) in [6, 6.07) is 0. The number of hydrogen-bond acceptors (Lipinski definition) is 4. The summed E-state index contributed by atoms with van der Waals surface area (Å²) in [5.41, 5.74) is 1.36. The van der Waals surface area contributed by atoms with Crippen LogP contribution >= 0.6 is 0 Å². The van der Waals surface area contributed by atoms with Gasteiger partial charge in [-0.25, -0.2) is 0 Å². The van der Waals surface area contributed by atoms with E-state index in [4.69, 9.17) is 4.52 Å². The van der Waals surface area contributed by atoms with Crippen LogP contribution in [0.15, 0.2) is 9.52 Å². The molecule has 118 valence electrons. The minimum atomic E-state index is -0.518. The Morgan fingerprint density at radius 3 is 2.48 bits per heavy atom. The summed E-state index contributed by atoms with van der Waals surface area (Å²) in [6.07, 6.45) is 0. The van der Waals surface area contributed by atoms with Crippen LogP contribution in [0, 0.1) is 19.3 Å². The molecule has 1 heterocycles. The van der Waals surface area contributed by atoms with E-state index in [1.807, 2.05) is 27.7 Å². The van der Waals surface area contributed by atoms with Crippen molar-refractivity contribution in [3.8, 4) is 0 Å². The Balaban J connectivity index is 2.56. The molecule has 7 heteroatoms. The van der Waals surface area contributed by atoms with E-state index in [1.54, 1.807) is 14.1 Å². The number of carbonyl (C=O) groups is 1. The Hall–Kier alpha value is -2.05. The Bertz CT molecular complexity index is 500. The summed E-state index contributed by atoms with van der Waals surface area (Å²) in [4.78, 5) is 15.9. The van der Waals surface area contributed by atoms with Crippen LogP contribution in [0.1, 0.15) is 30.9 Å². The van der Waals surface area contributed by atoms with E-state index >= 15 is 0 Å². The van der Waals surface area contributed by atoms with Gasteiger partial charge >= 0.3 is 0 Å². The van der Waals surface area contributed by atoms with Gasteiger partial charge in [0.2, 0.25) is 5.91 Å². The Kier molecular flexibility index (Phi) is 5.75. The van der Waals surface area contributed by atoms with Gasteiger partial charge in [0.15, 0.2) is 5.96 Å². The fourth-order valence-corrected chi connectivity index (χ4v) is 1.87. The Morgan fingerprint density at radius 1 is 1.33 bits per heavy atom. The maximum absolute atomic E-state index is 11.7. The number of carbonyl (C=O) groups excluding carboxylic acids is 1. The maximum atomic E-state index is 11.7. The molecule has 0 aliphatic rings. The van der Waals surface area contributed by atoms with Crippen LogP contribution in [-0.2, 0) is 11.3 Å². The third kappa shape index (κ3) is 4.47. The van der Waals surface area contributed by atoms with Crippen molar-refractivity contribution in [3.63, 3.8) is 0 Å². The molecule has 0 aromatic carbocycles. The Morgan fingerprint density at radius 2 is 2.00 bits per heavy atom. The number of aromatic nitrogens is 1. The van der Waals surface area contributed by atoms with Crippen LogP contribution in [0.2, 0.25) is 0 Å². The molecule has 7 nitrogen and oxygen atoms in total. The third-order valence-electron chi connectivity index (χ3n) is 3.38. The van der Waals surface area contributed by atoms with E-state index in [-0.39, 0.29) is 5.91 Å². The highest BCUT2D eigenvalue weighted by Gasteiger charge is 2.26. The van der Waals surface area contributed by atoms with Crippen molar-refractivity contribution >= 4 is 11.9 Å². The summed E-state index contributed by atoms with van der Waals surface area (Å²) in [5.74, 6) is 1.41. The lowest BCUT2D eigenvalue weighted by Gasteiger charge is -2.24. The topological polar surface area (TPSA) is 91.6 Å². The average Bonchev–Trinajstić information content (AvgIpc) is 2.77. The normalized spacial score (nSPS) is 12.2. The zero-order valence-corrected chi connectivity index (χ0v) is 13.6. The van der Waals surface area contributed by atoms with Gasteiger partial charge in [-0.05, 0) is 27.7 Å². The lowest BCUT2D eigenvalue weighted by Crippen LogP contribution is -2.47. The first-order valence-corrected chi connectivity index (χ1v) is 6.90. The summed E-state index contributed by atoms with van der Waals surface area (Å²) in [5, 5.41) is 12.9. The van der Waals surface area contributed by atoms with Gasteiger partial charge < -0.3 is 20.5 Å². The fourth-order valence-electron chi connectivity index (χ4n) is 1.87. The molecule has 0 fully saturated rings. The minimum absolute atomic E-state index is 0.0174. The van der Waals surface area contributed by atoms with E-state index < -0.39 is 5.41 Å². The van der Waals surface area contributed by atoms with Crippen LogP contribution < -0.4 is 16.0 Å². The first-order chi connectivity index (χ1) is 9.81. The molecule has 0 spiro atoms. The van der Waals surface area contributed by atoms with E-state index in [1.165, 1.54) is 0 Å². The molecule has 0 aliphatic carbocycles. The highest BCUT2D eigenvalue weighted by molar-refractivity contribution is 5.84. The first kappa shape index (κ1) is 17.0. The van der Waals surface area contributed by atoms with Crippen LogP contribution in [-0.4, -0.2) is 37.7 Å². The standard InChI is InChI=1S/C14H25N5O2/c1-9-11(10(2)21-19-9)7-17-13(16-6)18-8-14(3,4)12(20)15-5/h7-8H2,1-6H3,(H,15,20)(H2,16,17,18). The number of hydrogen-bond donors (Lipinski definition) is 3. The van der Waals surface area contributed by atoms with Crippen molar-refractivity contribution in [3.05, 3.63) is 17.0 Å². The lowest BCUT2D eigenvalue weighted by atomic mass is 9.92. The summed E-state index contributed by atoms with van der Waals surface area (Å²) < 4.78 is 5.12. The van der Waals surface area contributed by atoms with Gasteiger partial charge in [0.05, 0.1) is 11.1 Å². The van der Waals surface area contributed by atoms with Crippen molar-refractivity contribution in [2.45, 2.75) is 34.2 Å². The molecule has 0 bridgehead atoms. The van der Waals surface area contributed by atoms with E-state index in [0.717, 1.165) is 17.0 Å². The number of amides is 1. The van der Waals surface area contributed by atoms with E-state index in [2.05, 4.69) is 26.1 Å². The molecule has 0 atom stereocenters. The Labute approximate surface area is 125 Å². The number of aryl methyl sites for hydroxylation is 2. The molecule has 0 saturated heterocycles. The molecule has 3 N–H and O–H groups in total. The summed E-state index contributed by atoms with van der Waals surface area (Å²) in [6.45, 7) is 8.58. The number of nitrogens with one attached hydrogen (secondary N) is 3. The van der Waals surface area contributed by atoms with Gasteiger partial charge in [-0.15, -0.1) is 0 Å². The highest BCUT2D eigenvalue weighted by Crippen LogP contribution is 2.13. The first-order valence-electron chi connectivity index (χ1n) is 6.90. The van der Waals surface area contributed by atoms with Crippen molar-refractivity contribution < 1.29 is 9.32 Å². The quantitative estimate of drug-likeness (QED) is 0.550. The van der Waals surface area contributed by atoms with Crippen molar-refractivity contribution in [1.82, 2.24) is 21.1 Å². The van der Waals surface area contributed by atoms with Gasteiger partial charge in [-0.1, -0.05) is 5.16 Å². The molecular formula is C14H25N5O2. The van der Waals surface area contributed by atoms with Crippen LogP contribution in [0.4, 0.5) is 0 Å². The van der Waals surface area contributed by atoms with Gasteiger partial charge in [-0.3, -0.25) is 9.79 Å². The molecule has 0 saturated carbocycles. The predicted molar refractivity (Wildman–Crippen MR) is 82.0 cm³/mol. The zero-order valence-electron chi connectivity index (χ0n) is 13.6. The van der Waals surface area contributed by atoms with Crippen LogP contribution in [0.5, 0.6) is 0 Å². The minimum Gasteiger partial charge on any atom is -0.361 e. The number of guanidine groups is 1. The molecule has 21 heavy (non-hydrogen) atoms. The smallest absolute Gasteiger partial charge is 0.227 e. The molecule has 0 unspecified atom stereocenters. The third-order valence-corrected chi connectivity index (χ3v) is 3.38. The van der Waals surface area contributed by atoms with Crippen LogP contribution in [0.3, 0.4) is 0 Å². The highest BCUT2D eigenvalue weighted by atomic mass is 16.5. The van der Waals surface area contributed by atoms with Crippen LogP contribution in [0.25, 0.3) is 0 Å². The molecule has 1 aromatic rings. The second kappa shape index (κ2) is 7.10. The molecule has 0 aliphatic heterocycles. The molecule has 1 aromatic heterocycles. The number of nitrogens with zero attached hydrogens (tertiary/aromatic N) is 2. The van der Waals surface area contributed by atoms with Gasteiger partial charge in [0, 0.05) is 32.7 Å². The van der Waals surface area contributed by atoms with Crippen molar-refractivity contribution in [2.75, 3.05) is 20.6 Å². The molecule has 1 amide bonds. The van der Waals surface area contributed by atoms with Crippen molar-refractivity contribution in [2.24, 2.45) is 10.4 Å². The second-order valence-electron chi connectivity index (χ2n) is 5.55. The molecular weight excluding hydrogens is 270 g/mol. The number of rotatable bonds is 5. The molecule has 0 radical (unpaired) electrons. The van der Waals surface area contributed by atoms with Gasteiger partial charge in [-0.2, -0.15) is 0 Å². The van der Waals surface area contributed by atoms with Gasteiger partial charge in [0.25, 0.3) is 0 Å². The van der Waals surface area contributed by atoms with Crippen molar-refractivity contribution in [1.29, 1.82) is 0 Å². The van der Waals surface area contributed by atoms with E-state index in [9.17, 15) is 4.79 Å². The SMILES string of the molecule is CN=C(NCc1c(C)noc1C)NCC(C)(C)C(=O)NC. The van der Waals surface area contributed by atoms with Gasteiger partial charge in [0.1, 0.15) is 5.76 Å². The largest absolute Gasteiger partial charge is 0.361 e. The number of aliphatic imine (C=N–C) groups is 1. The summed E-state index contributed by atoms with van der Waals surface area (Å²) >= 11 is 0. The summed E-state index contributed by atoms with van der Waals surface area (Å²) in [7, 11) is 3.32. The monoisotopic (exact) mass is 295 g/mol.